The molecular formula is C21H32NO12P. The first-order valence-corrected chi connectivity index (χ1v) is 12.2. The maximum Gasteiger partial charge on any atom is 0.472 e. The molecule has 0 bridgehead atoms. The van der Waals surface area contributed by atoms with E-state index in [1.165, 1.54) is 24.3 Å². The molecule has 0 heterocycles. The number of carbonyl (C=O) groups is 3. The SMILES string of the molecule is CO[C@H](C)CCOC[C@H](COP(=O)(O)OCCNC(=O)C(Cc1ccc(O)cc1)C(=O)O)OC=O. The van der Waals surface area contributed by atoms with Crippen molar-refractivity contribution in [1.29, 1.82) is 0 Å². The van der Waals surface area contributed by atoms with Crippen molar-refractivity contribution in [2.75, 3.05) is 40.1 Å². The van der Waals surface area contributed by atoms with Gasteiger partial charge in [0.05, 0.1) is 25.9 Å². The summed E-state index contributed by atoms with van der Waals surface area (Å²) < 4.78 is 36.7. The van der Waals surface area contributed by atoms with Gasteiger partial charge in [-0.3, -0.25) is 23.4 Å². The molecule has 0 fully saturated rings. The highest BCUT2D eigenvalue weighted by Crippen LogP contribution is 2.43. The second-order valence-corrected chi connectivity index (χ2v) is 8.87. The van der Waals surface area contributed by atoms with Crippen molar-refractivity contribution in [3.8, 4) is 5.75 Å². The number of aliphatic carboxylic acids is 1. The van der Waals surface area contributed by atoms with Crippen molar-refractivity contribution in [3.05, 3.63) is 29.8 Å². The van der Waals surface area contributed by atoms with Crippen LogP contribution in [0.5, 0.6) is 5.75 Å². The third-order valence-electron chi connectivity index (χ3n) is 4.69. The summed E-state index contributed by atoms with van der Waals surface area (Å²) in [6.07, 6.45) is -0.503. The number of ether oxygens (including phenoxy) is 3. The van der Waals surface area contributed by atoms with E-state index < -0.39 is 44.9 Å². The monoisotopic (exact) mass is 521 g/mol. The Labute approximate surface area is 202 Å². The van der Waals surface area contributed by atoms with E-state index in [0.717, 1.165) is 0 Å². The van der Waals surface area contributed by atoms with Gasteiger partial charge in [0, 0.05) is 20.3 Å². The summed E-state index contributed by atoms with van der Waals surface area (Å²) in [6.45, 7) is 1.05. The van der Waals surface area contributed by atoms with Crippen molar-refractivity contribution < 1.29 is 57.3 Å². The average Bonchev–Trinajstić information content (AvgIpc) is 2.82. The number of methoxy groups -OCH3 is 1. The number of phenolic OH excluding ortho intramolecular Hbond substituents is 1. The topological polar surface area (TPSA) is 187 Å². The van der Waals surface area contributed by atoms with Crippen molar-refractivity contribution in [3.63, 3.8) is 0 Å². The first-order chi connectivity index (χ1) is 16.6. The number of phosphoric acid groups is 1. The largest absolute Gasteiger partial charge is 0.508 e. The zero-order chi connectivity index (χ0) is 26.3. The standard InChI is InChI=1S/C21H32NO12P/c1-15(30-2)7-9-31-12-18(32-14-23)13-34-35(28,29)33-10-8-22-20(25)19(21(26)27)11-16-3-5-17(24)6-4-16/h3-6,14-15,18-19,24H,7-13H2,1-2H3,(H,22,25)(H,26,27)(H,28,29)/t15-,18-,19?/m1/s1. The van der Waals surface area contributed by atoms with Crippen LogP contribution in [-0.4, -0.2) is 85.7 Å². The Morgan fingerprint density at radius 3 is 2.43 bits per heavy atom. The summed E-state index contributed by atoms with van der Waals surface area (Å²) in [6, 6.07) is 5.73. The Kier molecular flexibility index (Phi) is 14.1. The molecule has 35 heavy (non-hydrogen) atoms. The Bertz CT molecular complexity index is 834. The number of rotatable bonds is 19. The van der Waals surface area contributed by atoms with Gasteiger partial charge < -0.3 is 34.6 Å². The van der Waals surface area contributed by atoms with Gasteiger partial charge in [0.25, 0.3) is 6.47 Å². The molecule has 4 N–H and O–H groups in total. The van der Waals surface area contributed by atoms with Crippen molar-refractivity contribution in [1.82, 2.24) is 5.32 Å². The molecule has 0 aromatic heterocycles. The summed E-state index contributed by atoms with van der Waals surface area (Å²) in [5.41, 5.74) is 0.527. The molecule has 1 rings (SSSR count). The van der Waals surface area contributed by atoms with Crippen LogP contribution >= 0.6 is 7.82 Å². The van der Waals surface area contributed by atoms with Crippen LogP contribution in [0.25, 0.3) is 0 Å². The van der Waals surface area contributed by atoms with Gasteiger partial charge in [-0.25, -0.2) is 4.57 Å². The molecule has 0 aliphatic rings. The van der Waals surface area contributed by atoms with Gasteiger partial charge in [0.2, 0.25) is 5.91 Å². The molecule has 0 spiro atoms. The molecular weight excluding hydrogens is 489 g/mol. The first kappa shape index (κ1) is 30.5. The number of phosphoric ester groups is 1. The van der Waals surface area contributed by atoms with Crippen molar-refractivity contribution >= 4 is 26.2 Å². The minimum Gasteiger partial charge on any atom is -0.508 e. The predicted octanol–water partition coefficient (Wildman–Crippen LogP) is 0.869. The summed E-state index contributed by atoms with van der Waals surface area (Å²) >= 11 is 0. The molecule has 1 aromatic rings. The van der Waals surface area contributed by atoms with Gasteiger partial charge >= 0.3 is 13.8 Å². The minimum absolute atomic E-state index is 0.00570. The highest BCUT2D eigenvalue weighted by atomic mass is 31.2. The maximum atomic E-state index is 12.2. The number of aromatic hydroxyl groups is 1. The Morgan fingerprint density at radius 1 is 1.14 bits per heavy atom. The quantitative estimate of drug-likeness (QED) is 0.0872. The Hall–Kier alpha value is -2.54. The number of benzene rings is 1. The molecule has 14 heteroatoms. The fourth-order valence-corrected chi connectivity index (χ4v) is 3.37. The number of carboxylic acid groups (broad SMARTS) is 1. The number of phenols is 1. The molecule has 0 aliphatic heterocycles. The smallest absolute Gasteiger partial charge is 0.472 e. The third-order valence-corrected chi connectivity index (χ3v) is 5.68. The number of carbonyl (C=O) groups excluding carboxylic acids is 2. The number of hydrogen-bond acceptors (Lipinski definition) is 10. The molecule has 2 unspecified atom stereocenters. The van der Waals surface area contributed by atoms with Crippen molar-refractivity contribution in [2.24, 2.45) is 5.92 Å². The lowest BCUT2D eigenvalue weighted by Crippen LogP contribution is -2.38. The summed E-state index contributed by atoms with van der Waals surface area (Å²) in [5, 5.41) is 20.9. The predicted molar refractivity (Wildman–Crippen MR) is 121 cm³/mol. The zero-order valence-corrected chi connectivity index (χ0v) is 20.4. The molecule has 0 radical (unpaired) electrons. The van der Waals surface area contributed by atoms with E-state index in [1.807, 2.05) is 6.92 Å². The van der Waals surface area contributed by atoms with Gasteiger partial charge in [-0.15, -0.1) is 0 Å². The normalized spacial score (nSPS) is 15.4. The first-order valence-electron chi connectivity index (χ1n) is 10.7. The van der Waals surface area contributed by atoms with E-state index in [1.54, 1.807) is 7.11 Å². The lowest BCUT2D eigenvalue weighted by Gasteiger charge is -2.18. The fraction of sp³-hybridized carbons (Fsp3) is 0.571. The van der Waals surface area contributed by atoms with Gasteiger partial charge in [0.15, 0.2) is 0 Å². The van der Waals surface area contributed by atoms with Gasteiger partial charge in [-0.1, -0.05) is 12.1 Å². The second-order valence-electron chi connectivity index (χ2n) is 7.41. The van der Waals surface area contributed by atoms with Gasteiger partial charge in [-0.2, -0.15) is 0 Å². The molecule has 0 aliphatic carbocycles. The Balaban J connectivity index is 2.41. The van der Waals surface area contributed by atoms with Crippen LogP contribution in [-0.2, 0) is 48.6 Å². The number of hydrogen-bond donors (Lipinski definition) is 4. The van der Waals surface area contributed by atoms with Crippen LogP contribution in [0.15, 0.2) is 24.3 Å². The highest BCUT2D eigenvalue weighted by molar-refractivity contribution is 7.47. The molecule has 198 valence electrons. The van der Waals surface area contributed by atoms with Crippen LogP contribution in [0.4, 0.5) is 0 Å². The molecule has 0 saturated heterocycles. The summed E-state index contributed by atoms with van der Waals surface area (Å²) in [7, 11) is -3.00. The van der Waals surface area contributed by atoms with Gasteiger partial charge in [0.1, 0.15) is 17.8 Å². The van der Waals surface area contributed by atoms with Gasteiger partial charge in [-0.05, 0) is 37.5 Å². The molecule has 1 amide bonds. The number of amides is 1. The number of carboxylic acids is 1. The lowest BCUT2D eigenvalue weighted by molar-refractivity contribution is -0.147. The van der Waals surface area contributed by atoms with Crippen LogP contribution in [0.3, 0.4) is 0 Å². The zero-order valence-electron chi connectivity index (χ0n) is 19.5. The Morgan fingerprint density at radius 2 is 1.83 bits per heavy atom. The second kappa shape index (κ2) is 16.2. The molecule has 4 atom stereocenters. The van der Waals surface area contributed by atoms with Crippen LogP contribution in [0.1, 0.15) is 18.9 Å². The van der Waals surface area contributed by atoms with E-state index in [2.05, 4.69) is 5.32 Å². The lowest BCUT2D eigenvalue weighted by atomic mass is 9.98. The van der Waals surface area contributed by atoms with Crippen molar-refractivity contribution in [2.45, 2.75) is 32.0 Å². The maximum absolute atomic E-state index is 12.2. The molecule has 1 aromatic carbocycles. The van der Waals surface area contributed by atoms with E-state index in [0.29, 0.717) is 18.6 Å². The van der Waals surface area contributed by atoms with E-state index in [9.17, 15) is 34.1 Å². The van der Waals surface area contributed by atoms with E-state index >= 15 is 0 Å². The molecule has 13 nitrogen and oxygen atoms in total. The third kappa shape index (κ3) is 13.2. The number of nitrogens with one attached hydrogen (secondary N) is 1. The minimum atomic E-state index is -4.55. The highest BCUT2D eigenvalue weighted by Gasteiger charge is 2.27. The fourth-order valence-electron chi connectivity index (χ4n) is 2.62. The van der Waals surface area contributed by atoms with Crippen LogP contribution in [0, 0.1) is 5.92 Å². The van der Waals surface area contributed by atoms with Crippen LogP contribution < -0.4 is 5.32 Å². The average molecular weight is 521 g/mol. The molecule has 0 saturated carbocycles. The van der Waals surface area contributed by atoms with E-state index in [-0.39, 0.29) is 37.9 Å². The summed E-state index contributed by atoms with van der Waals surface area (Å²) in [5.74, 6) is -3.58. The summed E-state index contributed by atoms with van der Waals surface area (Å²) in [4.78, 5) is 44.1. The van der Waals surface area contributed by atoms with Crippen LogP contribution in [0.2, 0.25) is 0 Å². The van der Waals surface area contributed by atoms with E-state index in [4.69, 9.17) is 23.3 Å².